The van der Waals surface area contributed by atoms with Gasteiger partial charge >= 0.3 is 0 Å². The first kappa shape index (κ1) is 13.1. The Hall–Kier alpha value is -0.990. The lowest BCUT2D eigenvalue weighted by atomic mass is 10.2. The van der Waals surface area contributed by atoms with Crippen LogP contribution in [0.1, 0.15) is 18.9 Å². The molecule has 0 fully saturated rings. The zero-order valence-corrected chi connectivity index (χ0v) is 10.5. The van der Waals surface area contributed by atoms with Gasteiger partial charge in [-0.15, -0.1) is 0 Å². The summed E-state index contributed by atoms with van der Waals surface area (Å²) in [4.78, 5) is 11.3. The first-order chi connectivity index (χ1) is 7.63. The maximum Gasteiger partial charge on any atom is 0.243 e. The van der Waals surface area contributed by atoms with Gasteiger partial charge in [0.15, 0.2) is 0 Å². The number of hydrogen-bond donors (Lipinski definition) is 1. The Balaban J connectivity index is 2.65. The van der Waals surface area contributed by atoms with Crippen LogP contribution in [0.2, 0.25) is 10.0 Å². The number of carbonyl (C=O) groups is 1. The number of carbonyl (C=O) groups excluding carboxylic acids is 1. The smallest absolute Gasteiger partial charge is 0.243 e. The molecule has 0 spiro atoms. The molecule has 0 saturated carbocycles. The van der Waals surface area contributed by atoms with Crippen molar-refractivity contribution in [1.29, 1.82) is 0 Å². The molecule has 1 aromatic carbocycles. The third kappa shape index (κ3) is 4.25. The predicted octanol–water partition coefficient (Wildman–Crippen LogP) is 3.53. The minimum atomic E-state index is -0.118. The van der Waals surface area contributed by atoms with Crippen LogP contribution in [-0.2, 0) is 4.79 Å². The van der Waals surface area contributed by atoms with Crippen LogP contribution in [0.25, 0.3) is 6.08 Å². The van der Waals surface area contributed by atoms with Gasteiger partial charge in [-0.1, -0.05) is 36.2 Å². The fourth-order valence-electron chi connectivity index (χ4n) is 1.11. The van der Waals surface area contributed by atoms with Crippen LogP contribution in [0.4, 0.5) is 0 Å². The number of amides is 1. The molecule has 0 atom stereocenters. The lowest BCUT2D eigenvalue weighted by molar-refractivity contribution is -0.116. The average molecular weight is 258 g/mol. The topological polar surface area (TPSA) is 29.1 Å². The molecule has 0 aliphatic heterocycles. The first-order valence-electron chi connectivity index (χ1n) is 5.04. The molecule has 4 heteroatoms. The van der Waals surface area contributed by atoms with E-state index in [1.165, 1.54) is 6.08 Å². The van der Waals surface area contributed by atoms with Crippen LogP contribution >= 0.6 is 23.2 Å². The zero-order chi connectivity index (χ0) is 12.0. The minimum absolute atomic E-state index is 0.118. The van der Waals surface area contributed by atoms with Crippen LogP contribution in [0.5, 0.6) is 0 Å². The Morgan fingerprint density at radius 3 is 2.81 bits per heavy atom. The highest BCUT2D eigenvalue weighted by molar-refractivity contribution is 6.35. The summed E-state index contributed by atoms with van der Waals surface area (Å²) in [7, 11) is 0. The lowest BCUT2D eigenvalue weighted by Crippen LogP contribution is -2.21. The van der Waals surface area contributed by atoms with Crippen molar-refractivity contribution in [3.05, 3.63) is 39.9 Å². The number of nitrogens with one attached hydrogen (secondary N) is 1. The van der Waals surface area contributed by atoms with Crippen molar-refractivity contribution in [3.63, 3.8) is 0 Å². The normalized spacial score (nSPS) is 10.7. The number of rotatable bonds is 4. The highest BCUT2D eigenvalue weighted by Gasteiger charge is 1.98. The molecular formula is C12H13Cl2NO. The molecule has 16 heavy (non-hydrogen) atoms. The highest BCUT2D eigenvalue weighted by atomic mass is 35.5. The fourth-order valence-corrected chi connectivity index (χ4v) is 1.58. The molecule has 86 valence electrons. The standard InChI is InChI=1S/C12H13Cl2NO/c1-2-7-15-12(16)6-4-9-3-5-10(13)8-11(9)14/h3-6,8H,2,7H2,1H3,(H,15,16)/b6-4-. The number of hydrogen-bond acceptors (Lipinski definition) is 1. The summed E-state index contributed by atoms with van der Waals surface area (Å²) in [6.45, 7) is 2.68. The Morgan fingerprint density at radius 1 is 1.44 bits per heavy atom. The van der Waals surface area contributed by atoms with Gasteiger partial charge < -0.3 is 5.32 Å². The van der Waals surface area contributed by atoms with Crippen LogP contribution in [0.3, 0.4) is 0 Å². The van der Waals surface area contributed by atoms with E-state index in [4.69, 9.17) is 23.2 Å². The summed E-state index contributed by atoms with van der Waals surface area (Å²) in [5.74, 6) is -0.118. The van der Waals surface area contributed by atoms with E-state index in [9.17, 15) is 4.79 Å². The average Bonchev–Trinajstić information content (AvgIpc) is 2.25. The van der Waals surface area contributed by atoms with Crippen molar-refractivity contribution in [3.8, 4) is 0 Å². The van der Waals surface area contributed by atoms with E-state index >= 15 is 0 Å². The second-order valence-corrected chi connectivity index (χ2v) is 4.13. The maximum atomic E-state index is 11.3. The van der Waals surface area contributed by atoms with Crippen LogP contribution in [0, 0.1) is 0 Å². The van der Waals surface area contributed by atoms with Crippen molar-refractivity contribution >= 4 is 35.2 Å². The van der Waals surface area contributed by atoms with Crippen LogP contribution in [0.15, 0.2) is 24.3 Å². The second kappa shape index (κ2) is 6.56. The first-order valence-corrected chi connectivity index (χ1v) is 5.80. The van der Waals surface area contributed by atoms with Crippen molar-refractivity contribution < 1.29 is 4.79 Å². The number of benzene rings is 1. The molecule has 0 unspecified atom stereocenters. The molecule has 1 amide bonds. The third-order valence-corrected chi connectivity index (χ3v) is 2.49. The Morgan fingerprint density at radius 2 is 2.19 bits per heavy atom. The molecule has 0 heterocycles. The molecule has 1 rings (SSSR count). The van der Waals surface area contributed by atoms with E-state index in [-0.39, 0.29) is 5.91 Å². The molecule has 0 bridgehead atoms. The lowest BCUT2D eigenvalue weighted by Gasteiger charge is -2.00. The van der Waals surface area contributed by atoms with Gasteiger partial charge in [0.25, 0.3) is 0 Å². The summed E-state index contributed by atoms with van der Waals surface area (Å²) in [6.07, 6.45) is 4.05. The van der Waals surface area contributed by atoms with E-state index < -0.39 is 0 Å². The largest absolute Gasteiger partial charge is 0.353 e. The third-order valence-electron chi connectivity index (χ3n) is 1.93. The van der Waals surface area contributed by atoms with Gasteiger partial charge in [0.1, 0.15) is 0 Å². The van der Waals surface area contributed by atoms with Crippen molar-refractivity contribution in [2.45, 2.75) is 13.3 Å². The highest BCUT2D eigenvalue weighted by Crippen LogP contribution is 2.21. The summed E-state index contributed by atoms with van der Waals surface area (Å²) < 4.78 is 0. The van der Waals surface area contributed by atoms with Gasteiger partial charge in [-0.05, 0) is 30.2 Å². The molecular weight excluding hydrogens is 245 g/mol. The van der Waals surface area contributed by atoms with Gasteiger partial charge in [-0.2, -0.15) is 0 Å². The van der Waals surface area contributed by atoms with Gasteiger partial charge in [0.2, 0.25) is 5.91 Å². The monoisotopic (exact) mass is 257 g/mol. The summed E-state index contributed by atoms with van der Waals surface area (Å²) in [5.41, 5.74) is 0.776. The van der Waals surface area contributed by atoms with Crippen molar-refractivity contribution in [2.75, 3.05) is 6.54 Å². The fraction of sp³-hybridized carbons (Fsp3) is 0.250. The molecule has 1 aromatic rings. The van der Waals surface area contributed by atoms with E-state index in [2.05, 4.69) is 5.32 Å². The summed E-state index contributed by atoms with van der Waals surface area (Å²) in [5, 5.41) is 3.85. The van der Waals surface area contributed by atoms with Gasteiger partial charge in [-0.25, -0.2) is 0 Å². The van der Waals surface area contributed by atoms with Crippen molar-refractivity contribution in [1.82, 2.24) is 5.32 Å². The van der Waals surface area contributed by atoms with Gasteiger partial charge in [-0.3, -0.25) is 4.79 Å². The zero-order valence-electron chi connectivity index (χ0n) is 8.97. The predicted molar refractivity (Wildman–Crippen MR) is 68.8 cm³/mol. The SMILES string of the molecule is CCCNC(=O)/C=C\c1ccc(Cl)cc1Cl. The van der Waals surface area contributed by atoms with Crippen LogP contribution in [-0.4, -0.2) is 12.5 Å². The Kier molecular flexibility index (Phi) is 5.36. The second-order valence-electron chi connectivity index (χ2n) is 3.29. The maximum absolute atomic E-state index is 11.3. The molecule has 0 aliphatic rings. The molecule has 0 aliphatic carbocycles. The molecule has 0 aromatic heterocycles. The quantitative estimate of drug-likeness (QED) is 0.822. The molecule has 0 saturated heterocycles. The number of halogens is 2. The van der Waals surface area contributed by atoms with E-state index in [0.29, 0.717) is 16.6 Å². The van der Waals surface area contributed by atoms with E-state index in [1.807, 2.05) is 6.92 Å². The molecule has 0 radical (unpaired) electrons. The Labute approximate surface area is 105 Å². The summed E-state index contributed by atoms with van der Waals surface area (Å²) in [6, 6.07) is 5.15. The van der Waals surface area contributed by atoms with E-state index in [0.717, 1.165) is 12.0 Å². The van der Waals surface area contributed by atoms with Crippen LogP contribution < -0.4 is 5.32 Å². The van der Waals surface area contributed by atoms with Crippen molar-refractivity contribution in [2.24, 2.45) is 0 Å². The molecule has 2 nitrogen and oxygen atoms in total. The summed E-state index contributed by atoms with van der Waals surface area (Å²) >= 11 is 11.7. The Bertz CT molecular complexity index is 402. The minimum Gasteiger partial charge on any atom is -0.353 e. The van der Waals surface area contributed by atoms with E-state index in [1.54, 1.807) is 24.3 Å². The van der Waals surface area contributed by atoms with Gasteiger partial charge in [0.05, 0.1) is 0 Å². The van der Waals surface area contributed by atoms with Gasteiger partial charge in [0, 0.05) is 22.7 Å². The molecule has 1 N–H and O–H groups in total.